The second kappa shape index (κ2) is 6.28. The maximum Gasteiger partial charge on any atom is 0.159 e. The molecule has 0 aromatic heterocycles. The van der Waals surface area contributed by atoms with Crippen molar-refractivity contribution in [2.75, 3.05) is 5.33 Å². The highest BCUT2D eigenvalue weighted by Crippen LogP contribution is 2.23. The second-order valence-electron chi connectivity index (χ2n) is 4.12. The van der Waals surface area contributed by atoms with E-state index in [1.54, 1.807) is 18.2 Å². The normalized spacial score (nSPS) is 14.4. The Morgan fingerprint density at radius 1 is 1.41 bits per heavy atom. The lowest BCUT2D eigenvalue weighted by Crippen LogP contribution is -2.19. The summed E-state index contributed by atoms with van der Waals surface area (Å²) in [6.45, 7) is 3.33. The predicted molar refractivity (Wildman–Crippen MR) is 70.6 cm³/mol. The number of Topliss-reactive ketones (excluding diaryl/α,β-unsaturated/α-hetero) is 1. The van der Waals surface area contributed by atoms with Crippen LogP contribution in [0, 0.1) is 6.92 Å². The van der Waals surface area contributed by atoms with E-state index in [9.17, 15) is 15.0 Å². The lowest BCUT2D eigenvalue weighted by molar-refractivity contribution is 0.0170. The van der Waals surface area contributed by atoms with Crippen LogP contribution in [-0.2, 0) is 0 Å². The van der Waals surface area contributed by atoms with E-state index in [1.165, 1.54) is 6.92 Å². The molecule has 0 saturated carbocycles. The Kier molecular flexibility index (Phi) is 5.31. The average molecular weight is 301 g/mol. The molecule has 94 valence electrons. The number of carbonyl (C=O) groups is 1. The molecule has 0 radical (unpaired) electrons. The van der Waals surface area contributed by atoms with E-state index >= 15 is 0 Å². The van der Waals surface area contributed by atoms with Crippen LogP contribution in [0.5, 0.6) is 0 Å². The van der Waals surface area contributed by atoms with Gasteiger partial charge in [0.1, 0.15) is 6.10 Å². The van der Waals surface area contributed by atoms with E-state index in [4.69, 9.17) is 0 Å². The predicted octanol–water partition coefficient (Wildman–Crippen LogP) is 2.38. The summed E-state index contributed by atoms with van der Waals surface area (Å²) in [6.07, 6.45) is -1.22. The minimum absolute atomic E-state index is 0.00449. The fourth-order valence-corrected chi connectivity index (χ4v) is 2.17. The number of aliphatic hydroxyl groups is 2. The molecule has 0 aliphatic carbocycles. The average Bonchev–Trinajstić information content (AvgIpc) is 2.28. The van der Waals surface area contributed by atoms with Crippen LogP contribution in [0.2, 0.25) is 0 Å². The van der Waals surface area contributed by atoms with Gasteiger partial charge in [0.2, 0.25) is 0 Å². The number of aryl methyl sites for hydroxylation is 1. The molecule has 1 rings (SSSR count). The van der Waals surface area contributed by atoms with E-state index in [1.807, 2.05) is 6.92 Å². The van der Waals surface area contributed by atoms with Crippen LogP contribution in [0.15, 0.2) is 18.2 Å². The van der Waals surface area contributed by atoms with Gasteiger partial charge in [-0.05, 0) is 37.5 Å². The molecule has 2 atom stereocenters. The molecule has 0 saturated heterocycles. The highest BCUT2D eigenvalue weighted by molar-refractivity contribution is 9.09. The largest absolute Gasteiger partial charge is 0.390 e. The van der Waals surface area contributed by atoms with Gasteiger partial charge < -0.3 is 10.2 Å². The monoisotopic (exact) mass is 300 g/mol. The summed E-state index contributed by atoms with van der Waals surface area (Å²) in [4.78, 5) is 11.2. The van der Waals surface area contributed by atoms with Crippen molar-refractivity contribution in [3.05, 3.63) is 34.9 Å². The summed E-state index contributed by atoms with van der Waals surface area (Å²) >= 11 is 3.22. The van der Waals surface area contributed by atoms with Crippen LogP contribution in [0.3, 0.4) is 0 Å². The third-order valence-electron chi connectivity index (χ3n) is 2.76. The summed E-state index contributed by atoms with van der Waals surface area (Å²) in [6, 6.07) is 5.12. The smallest absolute Gasteiger partial charge is 0.159 e. The first-order chi connectivity index (χ1) is 7.97. The molecule has 17 heavy (non-hydrogen) atoms. The van der Waals surface area contributed by atoms with Crippen LogP contribution >= 0.6 is 15.9 Å². The van der Waals surface area contributed by atoms with Gasteiger partial charge in [-0.1, -0.05) is 28.1 Å². The number of hydrogen-bond acceptors (Lipinski definition) is 3. The van der Waals surface area contributed by atoms with Crippen LogP contribution in [0.1, 0.15) is 40.9 Å². The number of ketones is 1. The molecule has 1 aromatic rings. The van der Waals surface area contributed by atoms with E-state index in [0.29, 0.717) is 22.9 Å². The van der Waals surface area contributed by atoms with Crippen LogP contribution in [-0.4, -0.2) is 27.4 Å². The maximum atomic E-state index is 11.2. The third-order valence-corrected chi connectivity index (χ3v) is 3.22. The Morgan fingerprint density at radius 2 is 2.06 bits per heavy atom. The number of benzene rings is 1. The lowest BCUT2D eigenvalue weighted by atomic mass is 9.95. The van der Waals surface area contributed by atoms with Crippen molar-refractivity contribution in [2.45, 2.75) is 32.5 Å². The minimum Gasteiger partial charge on any atom is -0.390 e. The quantitative estimate of drug-likeness (QED) is 0.648. The van der Waals surface area contributed by atoms with Gasteiger partial charge >= 0.3 is 0 Å². The molecule has 4 heteroatoms. The lowest BCUT2D eigenvalue weighted by Gasteiger charge is -2.19. The standard InChI is InChI=1S/C13H17BrO3/c1-8-7-10(9(2)15)3-4-11(8)13(17)12(16)5-6-14/h3-4,7,12-13,16-17H,5-6H2,1-2H3. The first-order valence-electron chi connectivity index (χ1n) is 5.51. The van der Waals surface area contributed by atoms with E-state index in [-0.39, 0.29) is 5.78 Å². The van der Waals surface area contributed by atoms with Crippen LogP contribution in [0.25, 0.3) is 0 Å². The number of halogens is 1. The Bertz CT molecular complexity index is 404. The zero-order chi connectivity index (χ0) is 13.0. The van der Waals surface area contributed by atoms with Crippen molar-refractivity contribution in [3.63, 3.8) is 0 Å². The molecule has 1 aromatic carbocycles. The van der Waals surface area contributed by atoms with Gasteiger partial charge in [0.25, 0.3) is 0 Å². The number of alkyl halides is 1. The van der Waals surface area contributed by atoms with Crippen molar-refractivity contribution in [1.29, 1.82) is 0 Å². The minimum atomic E-state index is -0.909. The summed E-state index contributed by atoms with van der Waals surface area (Å²) in [5.41, 5.74) is 2.11. The molecular weight excluding hydrogens is 284 g/mol. The second-order valence-corrected chi connectivity index (χ2v) is 4.91. The summed E-state index contributed by atoms with van der Waals surface area (Å²) < 4.78 is 0. The molecular formula is C13H17BrO3. The molecule has 3 nitrogen and oxygen atoms in total. The zero-order valence-electron chi connectivity index (χ0n) is 9.98. The molecule has 0 aliphatic heterocycles. The molecule has 0 amide bonds. The van der Waals surface area contributed by atoms with Crippen molar-refractivity contribution < 1.29 is 15.0 Å². The van der Waals surface area contributed by atoms with Crippen molar-refractivity contribution in [1.82, 2.24) is 0 Å². The van der Waals surface area contributed by atoms with Gasteiger partial charge in [0.05, 0.1) is 6.10 Å². The number of rotatable bonds is 5. The van der Waals surface area contributed by atoms with Gasteiger partial charge in [0.15, 0.2) is 5.78 Å². The first-order valence-corrected chi connectivity index (χ1v) is 6.63. The van der Waals surface area contributed by atoms with E-state index < -0.39 is 12.2 Å². The molecule has 0 spiro atoms. The molecule has 0 bridgehead atoms. The van der Waals surface area contributed by atoms with E-state index in [0.717, 1.165) is 5.56 Å². The van der Waals surface area contributed by atoms with E-state index in [2.05, 4.69) is 15.9 Å². The molecule has 2 N–H and O–H groups in total. The van der Waals surface area contributed by atoms with Crippen molar-refractivity contribution in [2.24, 2.45) is 0 Å². The molecule has 0 heterocycles. The summed E-state index contributed by atoms with van der Waals surface area (Å²) in [7, 11) is 0. The van der Waals surface area contributed by atoms with Crippen LogP contribution < -0.4 is 0 Å². The van der Waals surface area contributed by atoms with Crippen LogP contribution in [0.4, 0.5) is 0 Å². The Hall–Kier alpha value is -0.710. The third kappa shape index (κ3) is 3.63. The number of carbonyl (C=O) groups excluding carboxylic acids is 1. The van der Waals surface area contributed by atoms with Gasteiger partial charge in [-0.15, -0.1) is 0 Å². The fourth-order valence-electron chi connectivity index (χ4n) is 1.70. The number of aliphatic hydroxyl groups excluding tert-OH is 2. The Labute approximate surface area is 110 Å². The SMILES string of the molecule is CC(=O)c1ccc(C(O)C(O)CCBr)c(C)c1. The van der Waals surface area contributed by atoms with Gasteiger partial charge in [-0.25, -0.2) is 0 Å². The van der Waals surface area contributed by atoms with Gasteiger partial charge in [-0.3, -0.25) is 4.79 Å². The fraction of sp³-hybridized carbons (Fsp3) is 0.462. The van der Waals surface area contributed by atoms with Crippen molar-refractivity contribution >= 4 is 21.7 Å². The Balaban J connectivity index is 2.95. The Morgan fingerprint density at radius 3 is 2.53 bits per heavy atom. The topological polar surface area (TPSA) is 57.5 Å². The maximum absolute atomic E-state index is 11.2. The zero-order valence-corrected chi connectivity index (χ0v) is 11.6. The summed E-state index contributed by atoms with van der Waals surface area (Å²) in [5, 5.41) is 20.3. The number of hydrogen-bond donors (Lipinski definition) is 2. The summed E-state index contributed by atoms with van der Waals surface area (Å²) in [5.74, 6) is -0.00449. The molecule has 2 unspecified atom stereocenters. The molecule has 0 aliphatic rings. The highest BCUT2D eigenvalue weighted by atomic mass is 79.9. The van der Waals surface area contributed by atoms with Crippen molar-refractivity contribution in [3.8, 4) is 0 Å². The van der Waals surface area contributed by atoms with Gasteiger partial charge in [0, 0.05) is 10.9 Å². The van der Waals surface area contributed by atoms with Gasteiger partial charge in [-0.2, -0.15) is 0 Å². The molecule has 0 fully saturated rings. The highest BCUT2D eigenvalue weighted by Gasteiger charge is 2.19. The first kappa shape index (κ1) is 14.4.